The Balaban J connectivity index is 2.24. The van der Waals surface area contributed by atoms with Crippen LogP contribution >= 0.6 is 22.9 Å². The number of hydrogen-bond donors (Lipinski definition) is 0. The molecule has 0 atom stereocenters. The zero-order valence-corrected chi connectivity index (χ0v) is 12.6. The zero-order chi connectivity index (χ0) is 14.7. The highest BCUT2D eigenvalue weighted by atomic mass is 35.5. The maximum absolute atomic E-state index is 11.1. The fourth-order valence-corrected chi connectivity index (χ4v) is 2.74. The lowest BCUT2D eigenvalue weighted by molar-refractivity contribution is -0.385. The highest BCUT2D eigenvalue weighted by molar-refractivity contribution is 7.09. The maximum atomic E-state index is 11.1. The van der Waals surface area contributed by atoms with Crippen molar-refractivity contribution in [2.75, 3.05) is 18.5 Å². The fourth-order valence-electron chi connectivity index (χ4n) is 1.84. The van der Waals surface area contributed by atoms with Crippen molar-refractivity contribution in [3.8, 4) is 0 Å². The van der Waals surface area contributed by atoms with Gasteiger partial charge in [0.15, 0.2) is 0 Å². The van der Waals surface area contributed by atoms with Gasteiger partial charge in [0.25, 0.3) is 0 Å². The van der Waals surface area contributed by atoms with Gasteiger partial charge in [0.2, 0.25) is 11.1 Å². The summed E-state index contributed by atoms with van der Waals surface area (Å²) in [6.45, 7) is 2.18. The fraction of sp³-hybridized carbons (Fsp3) is 0.333. The molecule has 0 radical (unpaired) electrons. The number of aryl methyl sites for hydroxylation is 1. The molecular formula is C12H13ClN4O2S. The molecule has 0 fully saturated rings. The number of rotatable bonds is 5. The first kappa shape index (κ1) is 14.7. The van der Waals surface area contributed by atoms with E-state index in [0.717, 1.165) is 6.42 Å². The molecule has 0 aliphatic heterocycles. The normalized spacial score (nSPS) is 10.6. The third kappa shape index (κ3) is 3.23. The van der Waals surface area contributed by atoms with E-state index in [0.29, 0.717) is 6.54 Å². The highest BCUT2D eigenvalue weighted by Gasteiger charge is 2.24. The van der Waals surface area contributed by atoms with Gasteiger partial charge in [-0.3, -0.25) is 10.1 Å². The van der Waals surface area contributed by atoms with E-state index in [1.165, 1.54) is 4.88 Å². The van der Waals surface area contributed by atoms with Gasteiger partial charge < -0.3 is 4.90 Å². The quantitative estimate of drug-likeness (QED) is 0.482. The van der Waals surface area contributed by atoms with Crippen LogP contribution in [0.15, 0.2) is 17.5 Å². The summed E-state index contributed by atoms with van der Waals surface area (Å²) in [5.74, 6) is 0.254. The van der Waals surface area contributed by atoms with Crippen LogP contribution in [0.4, 0.5) is 11.5 Å². The summed E-state index contributed by atoms with van der Waals surface area (Å²) in [4.78, 5) is 21.5. The van der Waals surface area contributed by atoms with E-state index in [2.05, 4.69) is 9.97 Å². The highest BCUT2D eigenvalue weighted by Crippen LogP contribution is 2.29. The lowest BCUT2D eigenvalue weighted by atomic mass is 10.3. The predicted molar refractivity (Wildman–Crippen MR) is 79.7 cm³/mol. The van der Waals surface area contributed by atoms with Crippen LogP contribution in [-0.2, 0) is 6.42 Å². The third-order valence-corrected chi connectivity index (χ3v) is 3.94. The summed E-state index contributed by atoms with van der Waals surface area (Å²) in [5, 5.41) is 13.2. The molecule has 0 saturated heterocycles. The summed E-state index contributed by atoms with van der Waals surface area (Å²) in [6, 6.07) is 4.01. The summed E-state index contributed by atoms with van der Waals surface area (Å²) in [6.07, 6.45) is 0.798. The second-order valence-electron chi connectivity index (χ2n) is 4.26. The number of halogens is 1. The third-order valence-electron chi connectivity index (χ3n) is 2.83. The van der Waals surface area contributed by atoms with Gasteiger partial charge in [-0.2, -0.15) is 4.98 Å². The van der Waals surface area contributed by atoms with Gasteiger partial charge in [0, 0.05) is 18.5 Å². The first-order valence-electron chi connectivity index (χ1n) is 5.91. The predicted octanol–water partition coefficient (Wildman–Crippen LogP) is 3.09. The van der Waals surface area contributed by atoms with Gasteiger partial charge in [0.05, 0.1) is 4.92 Å². The van der Waals surface area contributed by atoms with Crippen LogP contribution < -0.4 is 4.90 Å². The van der Waals surface area contributed by atoms with E-state index in [9.17, 15) is 10.1 Å². The largest absolute Gasteiger partial charge is 0.353 e. The molecule has 0 N–H and O–H groups in total. The number of nitro groups is 1. The van der Waals surface area contributed by atoms with E-state index >= 15 is 0 Å². The topological polar surface area (TPSA) is 72.2 Å². The molecule has 0 amide bonds. The molecule has 2 aromatic rings. The molecule has 106 valence electrons. The van der Waals surface area contributed by atoms with Gasteiger partial charge in [-0.1, -0.05) is 6.07 Å². The molecule has 0 aliphatic carbocycles. The van der Waals surface area contributed by atoms with Crippen LogP contribution in [0.3, 0.4) is 0 Å². The van der Waals surface area contributed by atoms with Crippen molar-refractivity contribution in [2.24, 2.45) is 0 Å². The van der Waals surface area contributed by atoms with Crippen LogP contribution in [0, 0.1) is 17.0 Å². The Labute approximate surface area is 125 Å². The second-order valence-corrected chi connectivity index (χ2v) is 5.63. The molecule has 2 rings (SSSR count). The van der Waals surface area contributed by atoms with Crippen LogP contribution in [-0.4, -0.2) is 28.5 Å². The van der Waals surface area contributed by atoms with Crippen molar-refractivity contribution < 1.29 is 4.92 Å². The van der Waals surface area contributed by atoms with Crippen LogP contribution in [0.25, 0.3) is 0 Å². The molecule has 0 bridgehead atoms. The van der Waals surface area contributed by atoms with Crippen LogP contribution in [0.5, 0.6) is 0 Å². The minimum Gasteiger partial charge on any atom is -0.353 e. The summed E-state index contributed by atoms with van der Waals surface area (Å²) in [7, 11) is 1.76. The summed E-state index contributed by atoms with van der Waals surface area (Å²) in [5.41, 5.74) is 0.177. The Morgan fingerprint density at radius 2 is 2.25 bits per heavy atom. The SMILES string of the molecule is Cc1nc(Cl)nc(N(C)CCc2cccs2)c1[N+](=O)[O-]. The van der Waals surface area contributed by atoms with E-state index in [-0.39, 0.29) is 22.5 Å². The number of likely N-dealkylation sites (N-methyl/N-ethyl adjacent to an activating group) is 1. The van der Waals surface area contributed by atoms with Crippen molar-refractivity contribution >= 4 is 34.4 Å². The van der Waals surface area contributed by atoms with Crippen molar-refractivity contribution in [1.29, 1.82) is 0 Å². The first-order valence-corrected chi connectivity index (χ1v) is 7.17. The Morgan fingerprint density at radius 3 is 2.85 bits per heavy atom. The Hall–Kier alpha value is -1.73. The Kier molecular flexibility index (Phi) is 4.51. The smallest absolute Gasteiger partial charge is 0.332 e. The molecule has 0 aliphatic rings. The van der Waals surface area contributed by atoms with Gasteiger partial charge in [-0.25, -0.2) is 4.98 Å². The molecule has 20 heavy (non-hydrogen) atoms. The van der Waals surface area contributed by atoms with Gasteiger partial charge in [0.1, 0.15) is 5.69 Å². The minimum atomic E-state index is -0.470. The Bertz CT molecular complexity index is 618. The van der Waals surface area contributed by atoms with Crippen LogP contribution in [0.2, 0.25) is 5.28 Å². The molecule has 8 heteroatoms. The number of nitrogens with zero attached hydrogens (tertiary/aromatic N) is 4. The van der Waals surface area contributed by atoms with E-state index in [1.807, 2.05) is 17.5 Å². The van der Waals surface area contributed by atoms with Crippen molar-refractivity contribution in [3.63, 3.8) is 0 Å². The number of anilines is 1. The summed E-state index contributed by atoms with van der Waals surface area (Å²) < 4.78 is 0. The number of aromatic nitrogens is 2. The van der Waals surface area contributed by atoms with Crippen molar-refractivity contribution in [3.05, 3.63) is 43.5 Å². The van der Waals surface area contributed by atoms with E-state index in [1.54, 1.807) is 30.2 Å². The lowest BCUT2D eigenvalue weighted by Gasteiger charge is -2.18. The Morgan fingerprint density at radius 1 is 1.50 bits per heavy atom. The molecule has 6 nitrogen and oxygen atoms in total. The summed E-state index contributed by atoms with van der Waals surface area (Å²) >= 11 is 7.46. The average Bonchev–Trinajstić information content (AvgIpc) is 2.87. The van der Waals surface area contributed by atoms with E-state index < -0.39 is 4.92 Å². The molecule has 0 unspecified atom stereocenters. The van der Waals surface area contributed by atoms with Crippen molar-refractivity contribution in [1.82, 2.24) is 9.97 Å². The second kappa shape index (κ2) is 6.15. The standard InChI is InChI=1S/C12H13ClN4O2S/c1-8-10(17(18)19)11(15-12(13)14-8)16(2)6-5-9-4-3-7-20-9/h3-4,7H,5-6H2,1-2H3. The van der Waals surface area contributed by atoms with Gasteiger partial charge in [-0.15, -0.1) is 11.3 Å². The molecule has 2 aromatic heterocycles. The average molecular weight is 313 g/mol. The molecule has 2 heterocycles. The number of thiophene rings is 1. The zero-order valence-electron chi connectivity index (χ0n) is 11.0. The molecule has 0 saturated carbocycles. The van der Waals surface area contributed by atoms with Gasteiger partial charge >= 0.3 is 5.69 Å². The molecular weight excluding hydrogens is 300 g/mol. The lowest BCUT2D eigenvalue weighted by Crippen LogP contribution is -2.23. The molecule has 0 aromatic carbocycles. The minimum absolute atomic E-state index is 0.0195. The van der Waals surface area contributed by atoms with E-state index in [4.69, 9.17) is 11.6 Å². The number of hydrogen-bond acceptors (Lipinski definition) is 6. The monoisotopic (exact) mass is 312 g/mol. The maximum Gasteiger partial charge on any atom is 0.332 e. The van der Waals surface area contributed by atoms with Crippen molar-refractivity contribution in [2.45, 2.75) is 13.3 Å². The van der Waals surface area contributed by atoms with Gasteiger partial charge in [-0.05, 0) is 36.4 Å². The molecule has 0 spiro atoms. The first-order chi connectivity index (χ1) is 9.49. The van der Waals surface area contributed by atoms with Crippen LogP contribution in [0.1, 0.15) is 10.6 Å².